The molecule has 1 aromatic carbocycles. The highest BCUT2D eigenvalue weighted by molar-refractivity contribution is 5.89. The van der Waals surface area contributed by atoms with E-state index in [0.717, 1.165) is 69.6 Å². The van der Waals surface area contributed by atoms with Crippen LogP contribution in [0, 0.1) is 17.8 Å². The molecule has 3 heterocycles. The van der Waals surface area contributed by atoms with Gasteiger partial charge in [-0.3, -0.25) is 19.0 Å². The molecule has 1 aromatic heterocycles. The number of carbonyl (C=O) groups is 3. The minimum atomic E-state index is -0.831. The van der Waals surface area contributed by atoms with Gasteiger partial charge in [0, 0.05) is 24.4 Å². The third kappa shape index (κ3) is 6.42. The molecule has 9 nitrogen and oxygen atoms in total. The molecule has 2 bridgehead atoms. The van der Waals surface area contributed by atoms with Crippen LogP contribution in [0.4, 0.5) is 0 Å². The molecule has 0 radical (unpaired) electrons. The Balaban J connectivity index is 1.36. The smallest absolute Gasteiger partial charge is 0.328 e. The first-order valence-electron chi connectivity index (χ1n) is 16.4. The van der Waals surface area contributed by atoms with Crippen molar-refractivity contribution in [3.8, 4) is 5.88 Å². The van der Waals surface area contributed by atoms with E-state index in [-0.39, 0.29) is 48.8 Å². The van der Waals surface area contributed by atoms with Gasteiger partial charge in [-0.1, -0.05) is 43.2 Å². The maximum Gasteiger partial charge on any atom is 0.328 e. The Morgan fingerprint density at radius 3 is 2.50 bits per heavy atom. The molecule has 5 atom stereocenters. The lowest BCUT2D eigenvalue weighted by atomic mass is 9.86. The molecule has 0 unspecified atom stereocenters. The SMILES string of the molecule is COC(=O)[C@@H]1C[C@@H]2CN1C(=O)[C@H](C1CCCC1)CC(=O)O[C@@H]1CCC[C@H]1CCC/C=C/Cn1c(cc3ccccc3c1=O)O2. The van der Waals surface area contributed by atoms with E-state index in [2.05, 4.69) is 6.08 Å². The molecular formula is C35H44N2O7. The van der Waals surface area contributed by atoms with E-state index in [9.17, 15) is 19.2 Å². The standard InChI is InChI=1S/C35H44N2O7/c1-42-35(41)29-20-26-22-37(29)34(40)28(23-11-5-6-12-23)21-32(38)44-30-17-10-15-24(30)13-4-2-3-9-18-36-31(43-26)19-25-14-7-8-16-27(25)33(36)39/h3,7-9,14,16,19,23-24,26,28-30H,2,4-6,10-13,15,17-18,20-22H2,1H3/b9-3+/t24-,26-,28+,29+,30-/m1/s1. The predicted octanol–water partition coefficient (Wildman–Crippen LogP) is 5.17. The van der Waals surface area contributed by atoms with Gasteiger partial charge >= 0.3 is 11.9 Å². The zero-order chi connectivity index (χ0) is 30.6. The van der Waals surface area contributed by atoms with Crippen LogP contribution in [-0.4, -0.2) is 59.2 Å². The number of benzene rings is 1. The first-order valence-corrected chi connectivity index (χ1v) is 16.4. The van der Waals surface area contributed by atoms with Crippen molar-refractivity contribution >= 4 is 28.6 Å². The van der Waals surface area contributed by atoms with E-state index >= 15 is 0 Å². The van der Waals surface area contributed by atoms with Gasteiger partial charge in [0.05, 0.1) is 26.0 Å². The van der Waals surface area contributed by atoms with E-state index in [1.807, 2.05) is 36.4 Å². The van der Waals surface area contributed by atoms with Gasteiger partial charge in [-0.15, -0.1) is 0 Å². The summed E-state index contributed by atoms with van der Waals surface area (Å²) in [6.45, 7) is 0.515. The number of methoxy groups -OCH3 is 1. The maximum atomic E-state index is 14.3. The highest BCUT2D eigenvalue weighted by atomic mass is 16.5. The number of hydrogen-bond acceptors (Lipinski definition) is 7. The average molecular weight is 605 g/mol. The van der Waals surface area contributed by atoms with Crippen LogP contribution in [0.3, 0.4) is 0 Å². The van der Waals surface area contributed by atoms with Crippen molar-refractivity contribution in [3.05, 3.63) is 52.8 Å². The molecule has 3 fully saturated rings. The molecule has 4 aliphatic rings. The van der Waals surface area contributed by atoms with Crippen LogP contribution < -0.4 is 10.3 Å². The number of pyridine rings is 1. The van der Waals surface area contributed by atoms with Crippen LogP contribution in [-0.2, 0) is 30.4 Å². The zero-order valence-corrected chi connectivity index (χ0v) is 25.7. The molecule has 1 amide bonds. The van der Waals surface area contributed by atoms with Crippen LogP contribution in [0.15, 0.2) is 47.3 Å². The van der Waals surface area contributed by atoms with Gasteiger partial charge in [-0.2, -0.15) is 0 Å². The Hall–Kier alpha value is -3.62. The Kier molecular flexibility index (Phi) is 9.38. The van der Waals surface area contributed by atoms with Crippen molar-refractivity contribution in [2.45, 2.75) is 102 Å². The lowest BCUT2D eigenvalue weighted by Crippen LogP contribution is -2.46. The van der Waals surface area contributed by atoms with Crippen molar-refractivity contribution in [1.82, 2.24) is 9.47 Å². The minimum absolute atomic E-state index is 0.0234. The number of esters is 2. The third-order valence-corrected chi connectivity index (χ3v) is 10.2. The summed E-state index contributed by atoms with van der Waals surface area (Å²) in [5, 5.41) is 1.38. The zero-order valence-electron chi connectivity index (χ0n) is 25.7. The Morgan fingerprint density at radius 2 is 1.68 bits per heavy atom. The van der Waals surface area contributed by atoms with Crippen LogP contribution in [0.1, 0.15) is 77.0 Å². The van der Waals surface area contributed by atoms with Crippen molar-refractivity contribution in [2.75, 3.05) is 13.7 Å². The molecule has 0 N–H and O–H groups in total. The van der Waals surface area contributed by atoms with Crippen molar-refractivity contribution < 1.29 is 28.6 Å². The largest absolute Gasteiger partial charge is 0.473 e. The van der Waals surface area contributed by atoms with Crippen molar-refractivity contribution in [3.63, 3.8) is 0 Å². The molecule has 44 heavy (non-hydrogen) atoms. The summed E-state index contributed by atoms with van der Waals surface area (Å²) in [6.07, 6.45) is 13.3. The Morgan fingerprint density at radius 1 is 0.909 bits per heavy atom. The lowest BCUT2D eigenvalue weighted by molar-refractivity contribution is -0.158. The van der Waals surface area contributed by atoms with Crippen molar-refractivity contribution in [2.24, 2.45) is 17.8 Å². The molecule has 2 aliphatic carbocycles. The topological polar surface area (TPSA) is 104 Å². The fraction of sp³-hybridized carbons (Fsp3) is 0.600. The highest BCUT2D eigenvalue weighted by Crippen LogP contribution is 2.38. The predicted molar refractivity (Wildman–Crippen MR) is 165 cm³/mol. The fourth-order valence-corrected chi connectivity index (χ4v) is 7.91. The highest BCUT2D eigenvalue weighted by Gasteiger charge is 2.46. The number of fused-ring (bicyclic) bond motifs is 5. The van der Waals surface area contributed by atoms with Gasteiger partial charge in [-0.05, 0) is 74.7 Å². The van der Waals surface area contributed by atoms with Crippen LogP contribution in [0.2, 0.25) is 0 Å². The summed E-state index contributed by atoms with van der Waals surface area (Å²) in [5.74, 6) is -0.793. The summed E-state index contributed by atoms with van der Waals surface area (Å²) in [4.78, 5) is 55.9. The molecule has 236 valence electrons. The third-order valence-electron chi connectivity index (χ3n) is 10.2. The Bertz CT molecular complexity index is 1460. The summed E-state index contributed by atoms with van der Waals surface area (Å²) >= 11 is 0. The normalized spacial score (nSPS) is 29.6. The second-order valence-corrected chi connectivity index (χ2v) is 13.0. The fourth-order valence-electron chi connectivity index (χ4n) is 7.91. The Labute approximate surface area is 258 Å². The first kappa shape index (κ1) is 30.4. The average Bonchev–Trinajstić information content (AvgIpc) is 3.80. The van der Waals surface area contributed by atoms with Crippen LogP contribution in [0.5, 0.6) is 5.88 Å². The second kappa shape index (κ2) is 13.6. The number of allylic oxidation sites excluding steroid dienone is 2. The molecule has 1 saturated heterocycles. The molecular weight excluding hydrogens is 560 g/mol. The van der Waals surface area contributed by atoms with E-state index in [1.165, 1.54) is 7.11 Å². The number of ether oxygens (including phenoxy) is 3. The number of amides is 1. The van der Waals surface area contributed by atoms with Gasteiger partial charge in [0.15, 0.2) is 5.88 Å². The summed E-state index contributed by atoms with van der Waals surface area (Å²) in [6, 6.07) is 8.47. The quantitative estimate of drug-likeness (QED) is 0.344. The van der Waals surface area contributed by atoms with Crippen LogP contribution >= 0.6 is 0 Å². The first-order chi connectivity index (χ1) is 21.4. The monoisotopic (exact) mass is 604 g/mol. The number of rotatable bonds is 2. The second-order valence-electron chi connectivity index (χ2n) is 13.0. The molecule has 6 rings (SSSR count). The molecule has 2 aromatic rings. The molecule has 2 aliphatic heterocycles. The summed E-state index contributed by atoms with van der Waals surface area (Å²) in [7, 11) is 1.32. The molecule has 2 saturated carbocycles. The number of hydrogen-bond donors (Lipinski definition) is 0. The van der Waals surface area contributed by atoms with Crippen LogP contribution in [0.25, 0.3) is 10.8 Å². The summed E-state index contributed by atoms with van der Waals surface area (Å²) in [5.41, 5.74) is -0.144. The summed E-state index contributed by atoms with van der Waals surface area (Å²) < 4.78 is 19.3. The number of aromatic nitrogens is 1. The van der Waals surface area contributed by atoms with E-state index in [4.69, 9.17) is 14.2 Å². The van der Waals surface area contributed by atoms with Gasteiger partial charge in [-0.25, -0.2) is 4.79 Å². The van der Waals surface area contributed by atoms with E-state index < -0.39 is 24.0 Å². The number of nitrogens with zero attached hydrogens (tertiary/aromatic N) is 2. The van der Waals surface area contributed by atoms with Gasteiger partial charge < -0.3 is 19.1 Å². The van der Waals surface area contributed by atoms with Gasteiger partial charge in [0.25, 0.3) is 5.56 Å². The lowest BCUT2D eigenvalue weighted by Gasteiger charge is -2.30. The number of carbonyl (C=O) groups excluding carboxylic acids is 3. The van der Waals surface area contributed by atoms with E-state index in [0.29, 0.717) is 23.7 Å². The van der Waals surface area contributed by atoms with Gasteiger partial charge in [0.2, 0.25) is 5.91 Å². The van der Waals surface area contributed by atoms with Gasteiger partial charge in [0.1, 0.15) is 18.2 Å². The van der Waals surface area contributed by atoms with E-state index in [1.54, 1.807) is 9.47 Å². The maximum absolute atomic E-state index is 14.3. The van der Waals surface area contributed by atoms with Crippen molar-refractivity contribution in [1.29, 1.82) is 0 Å². The molecule has 0 spiro atoms. The molecule has 9 heteroatoms. The minimum Gasteiger partial charge on any atom is -0.473 e.